The van der Waals surface area contributed by atoms with Crippen molar-refractivity contribution in [3.63, 3.8) is 0 Å². The van der Waals surface area contributed by atoms with Crippen LogP contribution in [0.15, 0.2) is 10.3 Å². The first-order chi connectivity index (χ1) is 10.3. The molecule has 0 heterocycles. The van der Waals surface area contributed by atoms with Crippen LogP contribution >= 0.6 is 0 Å². The second-order valence-corrected chi connectivity index (χ2v) is 5.33. The van der Waals surface area contributed by atoms with Crippen LogP contribution in [0, 0.1) is 0 Å². The quantitative estimate of drug-likeness (QED) is 0.238. The van der Waals surface area contributed by atoms with E-state index in [0.29, 0.717) is 6.54 Å². The van der Waals surface area contributed by atoms with Gasteiger partial charge in [-0.25, -0.2) is 0 Å². The molecule has 5 N–H and O–H groups in total. The van der Waals surface area contributed by atoms with Crippen molar-refractivity contribution in [2.45, 2.75) is 39.5 Å². The van der Waals surface area contributed by atoms with Crippen LogP contribution in [0.1, 0.15) is 39.5 Å². The second-order valence-electron chi connectivity index (χ2n) is 5.33. The molecule has 0 aromatic heterocycles. The zero-order chi connectivity index (χ0) is 15.8. The lowest BCUT2D eigenvalue weighted by atomic mass is 10.3. The third kappa shape index (κ3) is 12.7. The van der Waals surface area contributed by atoms with Gasteiger partial charge in [0, 0.05) is 32.7 Å². The number of rotatable bonds is 15. The molecule has 0 saturated carbocycles. The third-order valence-corrected chi connectivity index (χ3v) is 3.56. The van der Waals surface area contributed by atoms with Crippen molar-refractivity contribution >= 4 is 0 Å². The summed E-state index contributed by atoms with van der Waals surface area (Å²) in [5.74, 6) is 10.4. The summed E-state index contributed by atoms with van der Waals surface area (Å²) in [6, 6.07) is 0. The molecule has 0 aliphatic heterocycles. The summed E-state index contributed by atoms with van der Waals surface area (Å²) < 4.78 is 0. The fourth-order valence-corrected chi connectivity index (χ4v) is 2.18. The van der Waals surface area contributed by atoms with Gasteiger partial charge in [0.25, 0.3) is 0 Å². The van der Waals surface area contributed by atoms with E-state index < -0.39 is 0 Å². The number of hydrogen-bond acceptors (Lipinski definition) is 6. The van der Waals surface area contributed by atoms with E-state index in [2.05, 4.69) is 39.4 Å². The van der Waals surface area contributed by atoms with Crippen molar-refractivity contribution in [3.05, 3.63) is 0 Å². The summed E-state index contributed by atoms with van der Waals surface area (Å²) >= 11 is 0. The minimum absolute atomic E-state index is 0.680. The predicted molar refractivity (Wildman–Crippen MR) is 88.8 cm³/mol. The van der Waals surface area contributed by atoms with Gasteiger partial charge in [-0.3, -0.25) is 11.3 Å². The lowest BCUT2D eigenvalue weighted by molar-refractivity contribution is 0.202. The highest BCUT2D eigenvalue weighted by molar-refractivity contribution is 4.65. The highest BCUT2D eigenvalue weighted by Crippen LogP contribution is 1.99. The molecule has 0 rings (SSSR count). The molecule has 0 aromatic carbocycles. The monoisotopic (exact) mass is 301 g/mol. The highest BCUT2D eigenvalue weighted by Gasteiger charge is 2.08. The van der Waals surface area contributed by atoms with Crippen LogP contribution in [-0.2, 0) is 0 Å². The van der Waals surface area contributed by atoms with Gasteiger partial charge >= 0.3 is 0 Å². The van der Waals surface area contributed by atoms with Crippen LogP contribution < -0.4 is 17.1 Å². The van der Waals surface area contributed by atoms with Gasteiger partial charge in [0.2, 0.25) is 0 Å². The molecule has 0 atom stereocenters. The summed E-state index contributed by atoms with van der Waals surface area (Å²) in [5, 5.41) is 7.20. The number of unbranched alkanes of at least 4 members (excludes halogenated alkanes) is 2. The molecular formula is C14H35N7. The maximum Gasteiger partial charge on any atom is 0.0747 e. The number of nitrogens with two attached hydrogens (primary N) is 2. The first-order valence-electron chi connectivity index (χ1n) is 8.23. The molecule has 0 amide bonds. The van der Waals surface area contributed by atoms with E-state index in [1.54, 1.807) is 0 Å². The smallest absolute Gasteiger partial charge is 0.0747 e. The van der Waals surface area contributed by atoms with E-state index in [1.165, 1.54) is 25.7 Å². The van der Waals surface area contributed by atoms with Crippen LogP contribution in [0.25, 0.3) is 0 Å². The van der Waals surface area contributed by atoms with Gasteiger partial charge in [-0.05, 0) is 25.9 Å². The van der Waals surface area contributed by atoms with Crippen molar-refractivity contribution in [2.24, 2.45) is 22.0 Å². The van der Waals surface area contributed by atoms with E-state index in [9.17, 15) is 0 Å². The lowest BCUT2D eigenvalue weighted by Crippen LogP contribution is -2.41. The van der Waals surface area contributed by atoms with Crippen molar-refractivity contribution in [1.82, 2.24) is 15.2 Å². The zero-order valence-corrected chi connectivity index (χ0v) is 13.9. The van der Waals surface area contributed by atoms with E-state index in [0.717, 1.165) is 45.8 Å². The van der Waals surface area contributed by atoms with E-state index in [4.69, 9.17) is 11.7 Å². The summed E-state index contributed by atoms with van der Waals surface area (Å²) in [5.41, 5.74) is 2.74. The molecule has 7 heteroatoms. The van der Waals surface area contributed by atoms with Gasteiger partial charge < -0.3 is 15.6 Å². The number of hydrogen-bond donors (Lipinski definition) is 3. The molecule has 0 aliphatic rings. The topological polar surface area (TPSA) is 95.3 Å². The number of nitrogens with zero attached hydrogens (tertiary/aromatic N) is 4. The third-order valence-electron chi connectivity index (χ3n) is 3.56. The number of hydrazine groups is 1. The fourth-order valence-electron chi connectivity index (χ4n) is 2.18. The molecule has 0 unspecified atom stereocenters. The van der Waals surface area contributed by atoms with Crippen LogP contribution in [0.4, 0.5) is 0 Å². The normalized spacial score (nSPS) is 12.0. The molecule has 0 bridgehead atoms. The molecule has 0 fully saturated rings. The van der Waals surface area contributed by atoms with Gasteiger partial charge in [0.1, 0.15) is 0 Å². The average Bonchev–Trinajstić information content (AvgIpc) is 2.51. The maximum absolute atomic E-state index is 5.39. The van der Waals surface area contributed by atoms with Crippen molar-refractivity contribution in [2.75, 3.05) is 52.4 Å². The van der Waals surface area contributed by atoms with Gasteiger partial charge in [0.05, 0.1) is 6.54 Å². The fraction of sp³-hybridized carbons (Fsp3) is 1.00. The maximum atomic E-state index is 5.39. The molecule has 21 heavy (non-hydrogen) atoms. The highest BCUT2D eigenvalue weighted by atomic mass is 15.3. The molecule has 0 aromatic rings. The van der Waals surface area contributed by atoms with Crippen LogP contribution in [0.2, 0.25) is 0 Å². The first-order valence-corrected chi connectivity index (χ1v) is 8.23. The van der Waals surface area contributed by atoms with E-state index in [-0.39, 0.29) is 0 Å². The molecular weight excluding hydrogens is 266 g/mol. The van der Waals surface area contributed by atoms with Gasteiger partial charge in [-0.2, -0.15) is 5.11 Å². The van der Waals surface area contributed by atoms with Crippen molar-refractivity contribution < 1.29 is 0 Å². The standard InChI is InChI=1S/C14H35N7/c1-3-5-9-20(11-7-17-15)13-14-21(10-6-4-2)12-8-18-19-16/h17H,3-15H2,1-2H3,(H2,16,18). The predicted octanol–water partition coefficient (Wildman–Crippen LogP) is 0.980. The molecule has 126 valence electrons. The van der Waals surface area contributed by atoms with E-state index >= 15 is 0 Å². The molecule has 0 saturated heterocycles. The summed E-state index contributed by atoms with van der Waals surface area (Å²) in [4.78, 5) is 4.93. The number of nitrogens with one attached hydrogen (secondary N) is 1. The summed E-state index contributed by atoms with van der Waals surface area (Å²) in [7, 11) is 0. The minimum Gasteiger partial charge on any atom is -0.305 e. The zero-order valence-electron chi connectivity index (χ0n) is 13.9. The molecule has 0 spiro atoms. The molecule has 0 radical (unpaired) electrons. The molecule has 7 nitrogen and oxygen atoms in total. The summed E-state index contributed by atoms with van der Waals surface area (Å²) in [6.07, 6.45) is 4.90. The van der Waals surface area contributed by atoms with Crippen molar-refractivity contribution in [1.29, 1.82) is 0 Å². The van der Waals surface area contributed by atoms with E-state index in [1.807, 2.05) is 0 Å². The largest absolute Gasteiger partial charge is 0.305 e. The second kappa shape index (κ2) is 15.6. The molecule has 0 aliphatic carbocycles. The Balaban J connectivity index is 4.14. The average molecular weight is 301 g/mol. The van der Waals surface area contributed by atoms with Crippen LogP contribution in [0.5, 0.6) is 0 Å². The van der Waals surface area contributed by atoms with Crippen molar-refractivity contribution in [3.8, 4) is 0 Å². The van der Waals surface area contributed by atoms with Gasteiger partial charge in [-0.15, -0.1) is 0 Å². The Labute approximate surface area is 130 Å². The van der Waals surface area contributed by atoms with Gasteiger partial charge in [0.15, 0.2) is 0 Å². The Morgan fingerprint density at radius 2 is 1.43 bits per heavy atom. The SMILES string of the molecule is CCCCN(CCN=NN)CCN(CCCC)CCNN. The minimum atomic E-state index is 0.680. The van der Waals surface area contributed by atoms with Crippen LogP contribution in [-0.4, -0.2) is 62.2 Å². The Hall–Kier alpha value is -0.760. The van der Waals surface area contributed by atoms with Gasteiger partial charge in [-0.1, -0.05) is 31.9 Å². The summed E-state index contributed by atoms with van der Waals surface area (Å²) in [6.45, 7) is 12.3. The Morgan fingerprint density at radius 3 is 1.90 bits per heavy atom. The Kier molecular flexibility index (Phi) is 15.1. The Morgan fingerprint density at radius 1 is 0.857 bits per heavy atom. The Bertz CT molecular complexity index is 227. The van der Waals surface area contributed by atoms with Crippen LogP contribution in [0.3, 0.4) is 0 Å². The first kappa shape index (κ1) is 20.2. The lowest BCUT2D eigenvalue weighted by Gasteiger charge is -2.27.